The molecular formula is C24H25ClN2O4S. The van der Waals surface area contributed by atoms with Crippen LogP contribution < -0.4 is 14.4 Å². The van der Waals surface area contributed by atoms with E-state index in [1.54, 1.807) is 54.6 Å². The molecule has 0 heterocycles. The van der Waals surface area contributed by atoms with Gasteiger partial charge < -0.3 is 10.1 Å². The van der Waals surface area contributed by atoms with Crippen LogP contribution in [0.3, 0.4) is 0 Å². The molecule has 3 aromatic carbocycles. The molecule has 0 unspecified atom stereocenters. The quantitative estimate of drug-likeness (QED) is 0.489. The zero-order valence-electron chi connectivity index (χ0n) is 18.1. The molecule has 0 aliphatic carbocycles. The number of sulfonamides is 1. The maximum Gasteiger partial charge on any atom is 0.264 e. The van der Waals surface area contributed by atoms with Crippen molar-refractivity contribution in [2.75, 3.05) is 23.3 Å². The highest BCUT2D eigenvalue weighted by Crippen LogP contribution is 2.28. The topological polar surface area (TPSA) is 75.7 Å². The number of carbonyl (C=O) groups excluding carboxylic acids is 1. The van der Waals surface area contributed by atoms with Gasteiger partial charge in [-0.05, 0) is 56.3 Å². The number of rotatable bonds is 8. The van der Waals surface area contributed by atoms with Crippen molar-refractivity contribution in [3.05, 3.63) is 82.9 Å². The second kappa shape index (κ2) is 10.1. The van der Waals surface area contributed by atoms with Crippen molar-refractivity contribution in [2.24, 2.45) is 0 Å². The maximum absolute atomic E-state index is 13.4. The number of ether oxygens (including phenoxy) is 1. The smallest absolute Gasteiger partial charge is 0.264 e. The SMILES string of the molecule is COc1ccc(NC(=O)CCN(c2ccc(C)cc2)S(=O)(=O)c2ccc(C)cc2)cc1Cl. The molecule has 0 saturated carbocycles. The summed E-state index contributed by atoms with van der Waals surface area (Å²) in [5.41, 5.74) is 2.97. The summed E-state index contributed by atoms with van der Waals surface area (Å²) in [5.74, 6) is 0.168. The Morgan fingerprint density at radius 1 is 0.969 bits per heavy atom. The van der Waals surface area contributed by atoms with Gasteiger partial charge in [-0.2, -0.15) is 0 Å². The fourth-order valence-electron chi connectivity index (χ4n) is 3.11. The fraction of sp³-hybridized carbons (Fsp3) is 0.208. The van der Waals surface area contributed by atoms with Crippen molar-refractivity contribution in [1.29, 1.82) is 0 Å². The molecule has 0 aliphatic rings. The first-order chi connectivity index (χ1) is 15.2. The highest BCUT2D eigenvalue weighted by molar-refractivity contribution is 7.92. The molecule has 0 aliphatic heterocycles. The van der Waals surface area contributed by atoms with Crippen LogP contribution in [-0.2, 0) is 14.8 Å². The predicted molar refractivity (Wildman–Crippen MR) is 128 cm³/mol. The first-order valence-corrected chi connectivity index (χ1v) is 11.8. The van der Waals surface area contributed by atoms with Gasteiger partial charge in [0.1, 0.15) is 5.75 Å². The van der Waals surface area contributed by atoms with Gasteiger partial charge in [-0.3, -0.25) is 9.10 Å². The number of carbonyl (C=O) groups is 1. The largest absolute Gasteiger partial charge is 0.495 e. The van der Waals surface area contributed by atoms with Crippen molar-refractivity contribution in [1.82, 2.24) is 0 Å². The summed E-state index contributed by atoms with van der Waals surface area (Å²) in [6, 6.07) is 18.7. The maximum atomic E-state index is 13.4. The van der Waals surface area contributed by atoms with E-state index in [9.17, 15) is 13.2 Å². The Kier molecular flexibility index (Phi) is 7.43. The van der Waals surface area contributed by atoms with Gasteiger partial charge in [0.25, 0.3) is 10.0 Å². The molecule has 0 saturated heterocycles. The molecule has 8 heteroatoms. The zero-order valence-corrected chi connectivity index (χ0v) is 19.7. The molecular weight excluding hydrogens is 448 g/mol. The number of nitrogens with one attached hydrogen (secondary N) is 1. The first kappa shape index (κ1) is 23.6. The molecule has 0 radical (unpaired) electrons. The lowest BCUT2D eigenvalue weighted by Crippen LogP contribution is -2.34. The van der Waals surface area contributed by atoms with E-state index in [0.717, 1.165) is 11.1 Å². The number of aryl methyl sites for hydroxylation is 2. The van der Waals surface area contributed by atoms with Crippen LogP contribution in [0.25, 0.3) is 0 Å². The average molecular weight is 473 g/mol. The normalized spacial score (nSPS) is 11.1. The van der Waals surface area contributed by atoms with Crippen LogP contribution in [0.1, 0.15) is 17.5 Å². The molecule has 32 heavy (non-hydrogen) atoms. The third kappa shape index (κ3) is 5.60. The fourth-order valence-corrected chi connectivity index (χ4v) is 4.83. The molecule has 3 rings (SSSR count). The number of benzene rings is 3. The number of halogens is 1. The first-order valence-electron chi connectivity index (χ1n) is 10.00. The Morgan fingerprint density at radius 2 is 1.56 bits per heavy atom. The predicted octanol–water partition coefficient (Wildman–Crippen LogP) is 5.19. The average Bonchev–Trinajstić information content (AvgIpc) is 2.75. The summed E-state index contributed by atoms with van der Waals surface area (Å²) in [4.78, 5) is 12.7. The minimum atomic E-state index is -3.85. The summed E-state index contributed by atoms with van der Waals surface area (Å²) < 4.78 is 33.1. The van der Waals surface area contributed by atoms with Gasteiger partial charge in [-0.25, -0.2) is 8.42 Å². The molecule has 0 fully saturated rings. The van der Waals surface area contributed by atoms with Gasteiger partial charge in [0, 0.05) is 18.7 Å². The molecule has 1 N–H and O–H groups in total. The monoisotopic (exact) mass is 472 g/mol. The Morgan fingerprint density at radius 3 is 2.12 bits per heavy atom. The van der Waals surface area contributed by atoms with Crippen LogP contribution in [0.4, 0.5) is 11.4 Å². The second-order valence-electron chi connectivity index (χ2n) is 7.37. The highest BCUT2D eigenvalue weighted by Gasteiger charge is 2.25. The van der Waals surface area contributed by atoms with Crippen molar-refractivity contribution >= 4 is 38.9 Å². The Bertz CT molecular complexity index is 1190. The van der Waals surface area contributed by atoms with Gasteiger partial charge in [0.05, 0.1) is 22.7 Å². The van der Waals surface area contributed by atoms with Crippen LogP contribution in [0.5, 0.6) is 5.75 Å². The van der Waals surface area contributed by atoms with Crippen LogP contribution in [-0.4, -0.2) is 28.0 Å². The van der Waals surface area contributed by atoms with Gasteiger partial charge in [-0.1, -0.05) is 47.0 Å². The Balaban J connectivity index is 1.81. The number of anilines is 2. The highest BCUT2D eigenvalue weighted by atomic mass is 35.5. The van der Waals surface area contributed by atoms with E-state index < -0.39 is 10.0 Å². The van der Waals surface area contributed by atoms with E-state index in [2.05, 4.69) is 5.32 Å². The summed E-state index contributed by atoms with van der Waals surface area (Å²) in [7, 11) is -2.34. The van der Waals surface area contributed by atoms with Crippen LogP contribution >= 0.6 is 11.6 Å². The van der Waals surface area contributed by atoms with Crippen molar-refractivity contribution in [3.63, 3.8) is 0 Å². The van der Waals surface area contributed by atoms with Crippen molar-refractivity contribution in [3.8, 4) is 5.75 Å². The Labute approximate surface area is 193 Å². The third-order valence-electron chi connectivity index (χ3n) is 4.91. The van der Waals surface area contributed by atoms with E-state index in [4.69, 9.17) is 16.3 Å². The molecule has 0 aromatic heterocycles. The van der Waals surface area contributed by atoms with Gasteiger partial charge in [0.15, 0.2) is 0 Å². The summed E-state index contributed by atoms with van der Waals surface area (Å²) in [6.07, 6.45) is -0.0391. The summed E-state index contributed by atoms with van der Waals surface area (Å²) in [5, 5.41) is 3.12. The molecule has 168 valence electrons. The molecule has 0 spiro atoms. The van der Waals surface area contributed by atoms with Crippen LogP contribution in [0.15, 0.2) is 71.6 Å². The van der Waals surface area contributed by atoms with E-state index >= 15 is 0 Å². The minimum Gasteiger partial charge on any atom is -0.495 e. The molecule has 0 atom stereocenters. The lowest BCUT2D eigenvalue weighted by Gasteiger charge is -2.24. The van der Waals surface area contributed by atoms with Crippen LogP contribution in [0.2, 0.25) is 5.02 Å². The standard InChI is InChI=1S/C24H25ClN2O4S/c1-17-4-9-20(10-5-17)27(32(29,30)21-11-6-18(2)7-12-21)15-14-24(28)26-19-8-13-23(31-3)22(25)16-19/h4-13,16H,14-15H2,1-3H3,(H,26,28). The lowest BCUT2D eigenvalue weighted by atomic mass is 10.2. The number of hydrogen-bond donors (Lipinski definition) is 1. The van der Waals surface area contributed by atoms with Crippen molar-refractivity contribution < 1.29 is 17.9 Å². The zero-order chi connectivity index (χ0) is 23.3. The van der Waals surface area contributed by atoms with Crippen LogP contribution in [0, 0.1) is 13.8 Å². The molecule has 6 nitrogen and oxygen atoms in total. The molecule has 1 amide bonds. The lowest BCUT2D eigenvalue weighted by molar-refractivity contribution is -0.116. The van der Waals surface area contributed by atoms with E-state index in [-0.39, 0.29) is 23.8 Å². The van der Waals surface area contributed by atoms with Gasteiger partial charge >= 0.3 is 0 Å². The number of methoxy groups -OCH3 is 1. The minimum absolute atomic E-state index is 0.0189. The van der Waals surface area contributed by atoms with E-state index in [1.165, 1.54) is 11.4 Å². The van der Waals surface area contributed by atoms with Gasteiger partial charge in [0.2, 0.25) is 5.91 Å². The second-order valence-corrected chi connectivity index (χ2v) is 9.64. The number of hydrogen-bond acceptors (Lipinski definition) is 4. The summed E-state index contributed by atoms with van der Waals surface area (Å²) in [6.45, 7) is 3.80. The van der Waals surface area contributed by atoms with E-state index in [0.29, 0.717) is 22.1 Å². The van der Waals surface area contributed by atoms with Crippen molar-refractivity contribution in [2.45, 2.75) is 25.2 Å². The number of amides is 1. The number of nitrogens with zero attached hydrogens (tertiary/aromatic N) is 1. The van der Waals surface area contributed by atoms with E-state index in [1.807, 2.05) is 26.0 Å². The molecule has 3 aromatic rings. The third-order valence-corrected chi connectivity index (χ3v) is 7.05. The molecule has 0 bridgehead atoms. The Hall–Kier alpha value is -3.03. The van der Waals surface area contributed by atoms with Gasteiger partial charge in [-0.15, -0.1) is 0 Å². The summed E-state index contributed by atoms with van der Waals surface area (Å²) >= 11 is 6.11.